The molecule has 2 N–H and O–H groups in total. The molecular weight excluding hydrogens is 168 g/mol. The number of allylic oxidation sites excluding steroid dienone is 1. The van der Waals surface area contributed by atoms with Crippen LogP contribution in [0.4, 0.5) is 0 Å². The lowest BCUT2D eigenvalue weighted by molar-refractivity contribution is 0.943. The van der Waals surface area contributed by atoms with Crippen molar-refractivity contribution in [2.24, 2.45) is 0 Å². The van der Waals surface area contributed by atoms with Crippen molar-refractivity contribution in [1.82, 2.24) is 10.6 Å². The summed E-state index contributed by atoms with van der Waals surface area (Å²) in [5, 5.41) is 6.70. The Hall–Kier alpha value is -0.830. The second-order valence-electron chi connectivity index (χ2n) is 2.66. The van der Waals surface area contributed by atoms with Crippen molar-refractivity contribution in [2.45, 2.75) is 13.8 Å². The molecule has 0 aromatic carbocycles. The molecule has 0 bridgehead atoms. The molecule has 0 radical (unpaired) electrons. The lowest BCUT2D eigenvalue weighted by atomic mass is 10.3. The SMILES string of the molecule is C=CCNC(=S)NCC=C(C)C. The first kappa shape index (κ1) is 11.2. The molecule has 0 aliphatic carbocycles. The van der Waals surface area contributed by atoms with Crippen LogP contribution in [0.1, 0.15) is 13.8 Å². The van der Waals surface area contributed by atoms with Crippen LogP contribution in [0, 0.1) is 0 Å². The monoisotopic (exact) mass is 184 g/mol. The first-order valence-electron chi connectivity index (χ1n) is 3.92. The van der Waals surface area contributed by atoms with Gasteiger partial charge in [0.1, 0.15) is 0 Å². The summed E-state index contributed by atoms with van der Waals surface area (Å²) in [6, 6.07) is 0. The van der Waals surface area contributed by atoms with Gasteiger partial charge < -0.3 is 10.6 Å². The highest BCUT2D eigenvalue weighted by atomic mass is 32.1. The van der Waals surface area contributed by atoms with Crippen molar-refractivity contribution in [1.29, 1.82) is 0 Å². The van der Waals surface area contributed by atoms with E-state index in [9.17, 15) is 0 Å². The Balaban J connectivity index is 3.44. The summed E-state index contributed by atoms with van der Waals surface area (Å²) in [6.45, 7) is 9.19. The molecule has 0 fully saturated rings. The predicted molar refractivity (Wildman–Crippen MR) is 58.2 cm³/mol. The average Bonchev–Trinajstić information content (AvgIpc) is 2.00. The molecule has 0 aromatic rings. The van der Waals surface area contributed by atoms with E-state index in [2.05, 4.69) is 37.1 Å². The van der Waals surface area contributed by atoms with Crippen LogP contribution in [-0.4, -0.2) is 18.2 Å². The summed E-state index contributed by atoms with van der Waals surface area (Å²) in [6.07, 6.45) is 3.86. The van der Waals surface area contributed by atoms with E-state index in [0.717, 1.165) is 6.54 Å². The van der Waals surface area contributed by atoms with Crippen LogP contribution in [-0.2, 0) is 0 Å². The van der Waals surface area contributed by atoms with Crippen LogP contribution < -0.4 is 10.6 Å². The molecule has 0 aliphatic heterocycles. The number of rotatable bonds is 4. The van der Waals surface area contributed by atoms with E-state index in [1.54, 1.807) is 6.08 Å². The van der Waals surface area contributed by atoms with Crippen LogP contribution in [0.2, 0.25) is 0 Å². The summed E-state index contributed by atoms with van der Waals surface area (Å²) < 4.78 is 0. The maximum Gasteiger partial charge on any atom is 0.166 e. The summed E-state index contributed by atoms with van der Waals surface area (Å²) in [7, 11) is 0. The summed E-state index contributed by atoms with van der Waals surface area (Å²) in [5.74, 6) is 0. The minimum absolute atomic E-state index is 0.674. The van der Waals surface area contributed by atoms with Crippen LogP contribution in [0.25, 0.3) is 0 Å². The third kappa shape index (κ3) is 7.28. The molecule has 0 saturated heterocycles. The van der Waals surface area contributed by atoms with Gasteiger partial charge in [0.25, 0.3) is 0 Å². The van der Waals surface area contributed by atoms with E-state index < -0.39 is 0 Å². The highest BCUT2D eigenvalue weighted by Crippen LogP contribution is 1.84. The normalized spacial score (nSPS) is 8.50. The smallest absolute Gasteiger partial charge is 0.166 e. The number of nitrogens with one attached hydrogen (secondary N) is 2. The van der Waals surface area contributed by atoms with Crippen LogP contribution in [0.3, 0.4) is 0 Å². The van der Waals surface area contributed by atoms with Crippen LogP contribution >= 0.6 is 12.2 Å². The molecule has 12 heavy (non-hydrogen) atoms. The van der Waals surface area contributed by atoms with Gasteiger partial charge in [0, 0.05) is 13.1 Å². The van der Waals surface area contributed by atoms with E-state index in [-0.39, 0.29) is 0 Å². The molecule has 0 aromatic heterocycles. The molecule has 0 spiro atoms. The standard InChI is InChI=1S/C9H16N2S/c1-4-6-10-9(12)11-7-5-8(2)3/h4-5H,1,6-7H2,2-3H3,(H2,10,11,12). The second-order valence-corrected chi connectivity index (χ2v) is 3.07. The van der Waals surface area contributed by atoms with Gasteiger partial charge in [-0.2, -0.15) is 0 Å². The Labute approximate surface area is 79.7 Å². The minimum Gasteiger partial charge on any atom is -0.359 e. The van der Waals surface area contributed by atoms with Gasteiger partial charge in [0.2, 0.25) is 0 Å². The number of thiocarbonyl (C=S) groups is 1. The second kappa shape index (κ2) is 6.85. The summed E-state index contributed by atoms with van der Waals surface area (Å²) in [5.41, 5.74) is 1.29. The summed E-state index contributed by atoms with van der Waals surface area (Å²) in [4.78, 5) is 0. The predicted octanol–water partition coefficient (Wildman–Crippen LogP) is 1.60. The molecule has 68 valence electrons. The van der Waals surface area contributed by atoms with Crippen molar-refractivity contribution in [2.75, 3.05) is 13.1 Å². The Bertz CT molecular complexity index is 181. The first-order valence-corrected chi connectivity index (χ1v) is 4.33. The van der Waals surface area contributed by atoms with E-state index in [0.29, 0.717) is 11.7 Å². The maximum atomic E-state index is 4.97. The summed E-state index contributed by atoms with van der Waals surface area (Å²) >= 11 is 4.97. The van der Waals surface area contributed by atoms with Gasteiger partial charge >= 0.3 is 0 Å². The topological polar surface area (TPSA) is 24.1 Å². The molecule has 0 unspecified atom stereocenters. The van der Waals surface area contributed by atoms with Gasteiger partial charge in [0.15, 0.2) is 5.11 Å². The third-order valence-corrected chi connectivity index (χ3v) is 1.47. The third-order valence-electron chi connectivity index (χ3n) is 1.18. The van der Waals surface area contributed by atoms with Gasteiger partial charge in [-0.05, 0) is 26.1 Å². The molecule has 0 heterocycles. The first-order chi connectivity index (χ1) is 5.66. The van der Waals surface area contributed by atoms with E-state index in [1.165, 1.54) is 5.57 Å². The Morgan fingerprint density at radius 2 is 1.92 bits per heavy atom. The van der Waals surface area contributed by atoms with Gasteiger partial charge in [-0.15, -0.1) is 6.58 Å². The van der Waals surface area contributed by atoms with Crippen LogP contribution in [0.5, 0.6) is 0 Å². The van der Waals surface area contributed by atoms with E-state index in [1.807, 2.05) is 0 Å². The molecule has 0 aliphatic rings. The fraction of sp³-hybridized carbons (Fsp3) is 0.444. The molecular formula is C9H16N2S. The maximum absolute atomic E-state index is 4.97. The lowest BCUT2D eigenvalue weighted by Crippen LogP contribution is -2.35. The molecule has 2 nitrogen and oxygen atoms in total. The number of hydrogen-bond acceptors (Lipinski definition) is 1. The van der Waals surface area contributed by atoms with Crippen molar-refractivity contribution in [3.63, 3.8) is 0 Å². The van der Waals surface area contributed by atoms with Gasteiger partial charge in [-0.3, -0.25) is 0 Å². The molecule has 0 atom stereocenters. The van der Waals surface area contributed by atoms with Gasteiger partial charge in [-0.1, -0.05) is 17.7 Å². The zero-order valence-corrected chi connectivity index (χ0v) is 8.50. The van der Waals surface area contributed by atoms with Crippen LogP contribution in [0.15, 0.2) is 24.3 Å². The number of hydrogen-bond donors (Lipinski definition) is 2. The fourth-order valence-corrected chi connectivity index (χ4v) is 0.742. The Morgan fingerprint density at radius 1 is 1.33 bits per heavy atom. The largest absolute Gasteiger partial charge is 0.359 e. The zero-order chi connectivity index (χ0) is 9.40. The molecule has 0 saturated carbocycles. The molecule has 0 amide bonds. The lowest BCUT2D eigenvalue weighted by Gasteiger charge is -2.06. The minimum atomic E-state index is 0.674. The van der Waals surface area contributed by atoms with Gasteiger partial charge in [0.05, 0.1) is 0 Å². The molecule has 0 rings (SSSR count). The van der Waals surface area contributed by atoms with Crippen molar-refractivity contribution in [3.05, 3.63) is 24.3 Å². The quantitative estimate of drug-likeness (QED) is 0.512. The zero-order valence-electron chi connectivity index (χ0n) is 7.68. The van der Waals surface area contributed by atoms with Crippen molar-refractivity contribution in [3.8, 4) is 0 Å². The fourth-order valence-electron chi connectivity index (χ4n) is 0.575. The Morgan fingerprint density at radius 3 is 2.42 bits per heavy atom. The highest BCUT2D eigenvalue weighted by Gasteiger charge is 1.88. The van der Waals surface area contributed by atoms with Crippen molar-refractivity contribution >= 4 is 17.3 Å². The highest BCUT2D eigenvalue weighted by molar-refractivity contribution is 7.80. The van der Waals surface area contributed by atoms with Gasteiger partial charge in [-0.25, -0.2) is 0 Å². The average molecular weight is 184 g/mol. The van der Waals surface area contributed by atoms with Crippen molar-refractivity contribution < 1.29 is 0 Å². The molecule has 3 heteroatoms. The van der Waals surface area contributed by atoms with E-state index >= 15 is 0 Å². The Kier molecular flexibility index (Phi) is 6.38. The van der Waals surface area contributed by atoms with E-state index in [4.69, 9.17) is 12.2 Å².